The Kier molecular flexibility index (Phi) is 2.91. The third-order valence-corrected chi connectivity index (χ3v) is 2.06. The molecular weight excluding hydrogens is 184 g/mol. The van der Waals surface area contributed by atoms with Crippen LogP contribution in [0.4, 0.5) is 5.69 Å². The second-order valence-electron chi connectivity index (χ2n) is 2.87. The maximum atomic E-state index is 11.6. The van der Waals surface area contributed by atoms with E-state index in [-0.39, 0.29) is 17.0 Å². The number of rotatable bonds is 3. The van der Waals surface area contributed by atoms with E-state index >= 15 is 0 Å². The summed E-state index contributed by atoms with van der Waals surface area (Å²) < 4.78 is 1.33. The molecule has 0 saturated heterocycles. The number of aryl methyl sites for hydroxylation is 1. The van der Waals surface area contributed by atoms with Crippen LogP contribution >= 0.6 is 0 Å². The highest BCUT2D eigenvalue weighted by molar-refractivity contribution is 5.73. The van der Waals surface area contributed by atoms with Crippen molar-refractivity contribution in [2.75, 3.05) is 5.32 Å². The van der Waals surface area contributed by atoms with E-state index in [2.05, 4.69) is 5.32 Å². The normalized spacial score (nSPS) is 9.86. The molecule has 0 fully saturated rings. The van der Waals surface area contributed by atoms with Crippen LogP contribution in [-0.2, 0) is 11.3 Å². The lowest BCUT2D eigenvalue weighted by Gasteiger charge is -2.09. The minimum Gasteiger partial charge on any atom is -0.506 e. The number of aromatic hydroxyl groups is 1. The van der Waals surface area contributed by atoms with Gasteiger partial charge in [-0.2, -0.15) is 0 Å². The lowest BCUT2D eigenvalue weighted by molar-refractivity contribution is -0.105. The zero-order valence-corrected chi connectivity index (χ0v) is 8.07. The molecule has 0 aliphatic heterocycles. The fourth-order valence-electron chi connectivity index (χ4n) is 1.20. The van der Waals surface area contributed by atoms with Crippen LogP contribution in [0.15, 0.2) is 11.0 Å². The molecule has 2 N–H and O–H groups in total. The van der Waals surface area contributed by atoms with Gasteiger partial charge in [0.05, 0.1) is 0 Å². The van der Waals surface area contributed by atoms with Gasteiger partial charge in [-0.15, -0.1) is 0 Å². The van der Waals surface area contributed by atoms with Gasteiger partial charge in [-0.05, 0) is 13.8 Å². The zero-order valence-electron chi connectivity index (χ0n) is 8.07. The first-order valence-corrected chi connectivity index (χ1v) is 4.25. The molecule has 0 bridgehead atoms. The summed E-state index contributed by atoms with van der Waals surface area (Å²) in [6, 6.07) is 0. The summed E-state index contributed by atoms with van der Waals surface area (Å²) in [4.78, 5) is 21.8. The van der Waals surface area contributed by atoms with Gasteiger partial charge < -0.3 is 15.0 Å². The number of hydrogen-bond donors (Lipinski definition) is 2. The van der Waals surface area contributed by atoms with Gasteiger partial charge in [0, 0.05) is 18.3 Å². The quantitative estimate of drug-likeness (QED) is 0.689. The molecule has 1 rings (SSSR count). The predicted octanol–water partition coefficient (Wildman–Crippen LogP) is 0.451. The molecule has 5 nitrogen and oxygen atoms in total. The number of anilines is 1. The highest BCUT2D eigenvalue weighted by Gasteiger charge is 2.10. The van der Waals surface area contributed by atoms with Crippen molar-refractivity contribution in [1.82, 2.24) is 4.57 Å². The summed E-state index contributed by atoms with van der Waals surface area (Å²) in [6.07, 6.45) is 1.77. The number of nitrogens with one attached hydrogen (secondary N) is 1. The maximum Gasteiger partial charge on any atom is 0.274 e. The maximum absolute atomic E-state index is 11.6. The minimum absolute atomic E-state index is 0.00389. The Balaban J connectivity index is 3.44. The van der Waals surface area contributed by atoms with E-state index in [4.69, 9.17) is 0 Å². The first-order chi connectivity index (χ1) is 6.61. The second-order valence-corrected chi connectivity index (χ2v) is 2.87. The first-order valence-electron chi connectivity index (χ1n) is 4.25. The Morgan fingerprint density at radius 3 is 2.79 bits per heavy atom. The van der Waals surface area contributed by atoms with Crippen LogP contribution in [-0.4, -0.2) is 16.1 Å². The molecule has 0 atom stereocenters. The van der Waals surface area contributed by atoms with Crippen LogP contribution in [0.1, 0.15) is 12.5 Å². The molecule has 1 amide bonds. The van der Waals surface area contributed by atoms with E-state index < -0.39 is 0 Å². The SMILES string of the molecule is CCn1cc(O)c(C)c(NC=O)c1=O. The molecule has 0 radical (unpaired) electrons. The highest BCUT2D eigenvalue weighted by Crippen LogP contribution is 2.19. The molecule has 14 heavy (non-hydrogen) atoms. The summed E-state index contributed by atoms with van der Waals surface area (Å²) >= 11 is 0. The molecule has 0 aromatic carbocycles. The standard InChI is InChI=1S/C9H12N2O3/c1-3-11-4-7(13)6(2)8(9(11)14)10-5-12/h4-5,13H,3H2,1-2H3,(H,10,12). The average Bonchev–Trinajstić information content (AvgIpc) is 2.18. The summed E-state index contributed by atoms with van der Waals surface area (Å²) in [5.41, 5.74) is 0.198. The molecule has 0 spiro atoms. The molecule has 1 aromatic rings. The second kappa shape index (κ2) is 3.95. The number of nitrogens with zero attached hydrogens (tertiary/aromatic N) is 1. The monoisotopic (exact) mass is 196 g/mol. The smallest absolute Gasteiger partial charge is 0.274 e. The first kappa shape index (κ1) is 10.3. The molecule has 0 unspecified atom stereocenters. The highest BCUT2D eigenvalue weighted by atomic mass is 16.3. The van der Waals surface area contributed by atoms with Crippen LogP contribution in [0.5, 0.6) is 5.75 Å². The van der Waals surface area contributed by atoms with Gasteiger partial charge in [0.1, 0.15) is 11.4 Å². The molecule has 0 aliphatic rings. The van der Waals surface area contributed by atoms with Gasteiger partial charge in [-0.1, -0.05) is 0 Å². The van der Waals surface area contributed by atoms with E-state index in [1.807, 2.05) is 0 Å². The number of carbonyl (C=O) groups is 1. The number of aromatic nitrogens is 1. The van der Waals surface area contributed by atoms with Crippen molar-refractivity contribution < 1.29 is 9.90 Å². The lowest BCUT2D eigenvalue weighted by Crippen LogP contribution is -2.23. The number of amides is 1. The van der Waals surface area contributed by atoms with Crippen molar-refractivity contribution in [3.8, 4) is 5.75 Å². The molecule has 1 aromatic heterocycles. The van der Waals surface area contributed by atoms with Crippen molar-refractivity contribution in [3.05, 3.63) is 22.1 Å². The van der Waals surface area contributed by atoms with E-state index in [9.17, 15) is 14.7 Å². The van der Waals surface area contributed by atoms with Crippen LogP contribution < -0.4 is 10.9 Å². The van der Waals surface area contributed by atoms with Crippen molar-refractivity contribution in [2.24, 2.45) is 0 Å². The Labute approximate surface area is 81.0 Å². The molecule has 5 heteroatoms. The fraction of sp³-hybridized carbons (Fsp3) is 0.333. The van der Waals surface area contributed by atoms with Crippen LogP contribution in [0.2, 0.25) is 0 Å². The topological polar surface area (TPSA) is 71.3 Å². The molecule has 0 aliphatic carbocycles. The fourth-order valence-corrected chi connectivity index (χ4v) is 1.20. The van der Waals surface area contributed by atoms with Gasteiger partial charge >= 0.3 is 0 Å². The van der Waals surface area contributed by atoms with Crippen molar-refractivity contribution in [1.29, 1.82) is 0 Å². The van der Waals surface area contributed by atoms with E-state index in [1.165, 1.54) is 10.8 Å². The average molecular weight is 196 g/mol. The Bertz CT molecular complexity index is 409. The molecule has 1 heterocycles. The Morgan fingerprint density at radius 1 is 1.64 bits per heavy atom. The largest absolute Gasteiger partial charge is 0.506 e. The summed E-state index contributed by atoms with van der Waals surface area (Å²) in [5, 5.41) is 11.7. The van der Waals surface area contributed by atoms with Gasteiger partial charge in [0.2, 0.25) is 6.41 Å². The Morgan fingerprint density at radius 2 is 2.29 bits per heavy atom. The number of pyridine rings is 1. The van der Waals surface area contributed by atoms with Gasteiger partial charge in [0.25, 0.3) is 5.56 Å². The molecular formula is C9H12N2O3. The van der Waals surface area contributed by atoms with E-state index in [1.54, 1.807) is 13.8 Å². The van der Waals surface area contributed by atoms with E-state index in [0.29, 0.717) is 18.5 Å². The third kappa shape index (κ3) is 1.61. The van der Waals surface area contributed by atoms with Crippen molar-refractivity contribution in [3.63, 3.8) is 0 Å². The van der Waals surface area contributed by atoms with Crippen molar-refractivity contribution in [2.45, 2.75) is 20.4 Å². The summed E-state index contributed by atoms with van der Waals surface area (Å²) in [7, 11) is 0. The lowest BCUT2D eigenvalue weighted by atomic mass is 10.2. The molecule has 76 valence electrons. The van der Waals surface area contributed by atoms with E-state index in [0.717, 1.165) is 0 Å². The van der Waals surface area contributed by atoms with Gasteiger partial charge in [-0.25, -0.2) is 0 Å². The Hall–Kier alpha value is -1.78. The van der Waals surface area contributed by atoms with Crippen molar-refractivity contribution >= 4 is 12.1 Å². The van der Waals surface area contributed by atoms with Gasteiger partial charge in [0.15, 0.2) is 0 Å². The minimum atomic E-state index is -0.310. The number of hydrogen-bond acceptors (Lipinski definition) is 3. The predicted molar refractivity (Wildman–Crippen MR) is 52.5 cm³/mol. The van der Waals surface area contributed by atoms with Gasteiger partial charge in [-0.3, -0.25) is 9.59 Å². The van der Waals surface area contributed by atoms with Crippen LogP contribution in [0, 0.1) is 6.92 Å². The number of carbonyl (C=O) groups excluding carboxylic acids is 1. The zero-order chi connectivity index (χ0) is 10.7. The van der Waals surface area contributed by atoms with Crippen LogP contribution in [0.3, 0.4) is 0 Å². The summed E-state index contributed by atoms with van der Waals surface area (Å²) in [6.45, 7) is 3.80. The third-order valence-electron chi connectivity index (χ3n) is 2.06. The summed E-state index contributed by atoms with van der Waals surface area (Å²) in [5.74, 6) is -0.00389. The van der Waals surface area contributed by atoms with Crippen LogP contribution in [0.25, 0.3) is 0 Å². The molecule has 0 saturated carbocycles.